The third-order valence-electron chi connectivity index (χ3n) is 3.41. The first-order chi connectivity index (χ1) is 10.7. The van der Waals surface area contributed by atoms with Crippen LogP contribution in [0.2, 0.25) is 0 Å². The Hall–Kier alpha value is -3.06. The van der Waals surface area contributed by atoms with Gasteiger partial charge in [0.15, 0.2) is 0 Å². The van der Waals surface area contributed by atoms with Crippen LogP contribution < -0.4 is 4.74 Å². The van der Waals surface area contributed by atoms with Gasteiger partial charge in [-0.3, -0.25) is 0 Å². The lowest BCUT2D eigenvalue weighted by atomic mass is 10.00. The van der Waals surface area contributed by atoms with Crippen molar-refractivity contribution in [2.45, 2.75) is 6.92 Å². The maximum absolute atomic E-state index is 11.8. The van der Waals surface area contributed by atoms with Gasteiger partial charge in [0, 0.05) is 5.56 Å². The quantitative estimate of drug-likeness (QED) is 0.496. The third kappa shape index (κ3) is 2.45. The van der Waals surface area contributed by atoms with Gasteiger partial charge in [0.05, 0.1) is 11.3 Å². The van der Waals surface area contributed by atoms with E-state index in [9.17, 15) is 4.79 Å². The van der Waals surface area contributed by atoms with E-state index in [2.05, 4.69) is 11.1 Å². The number of carbonyl (C=O) groups is 1. The summed E-state index contributed by atoms with van der Waals surface area (Å²) < 4.78 is 5.60. The van der Waals surface area contributed by atoms with Gasteiger partial charge in [-0.1, -0.05) is 41.4 Å². The van der Waals surface area contributed by atoms with Crippen molar-refractivity contribution in [3.05, 3.63) is 47.5 Å². The summed E-state index contributed by atoms with van der Waals surface area (Å²) in [5.41, 5.74) is 1.75. The summed E-state index contributed by atoms with van der Waals surface area (Å²) >= 11 is 0. The minimum absolute atomic E-state index is 0.159. The van der Waals surface area contributed by atoms with Gasteiger partial charge in [0.2, 0.25) is 0 Å². The van der Waals surface area contributed by atoms with Gasteiger partial charge in [-0.2, -0.15) is 0 Å². The number of fused-ring (bicyclic) bond motifs is 1. The molecule has 0 spiro atoms. The largest absolute Gasteiger partial charge is 0.480 e. The molecule has 0 fully saturated rings. The van der Waals surface area contributed by atoms with Crippen molar-refractivity contribution >= 4 is 28.5 Å². The molecule has 0 N–H and O–H groups in total. The maximum Gasteiger partial charge on any atom is 0.367 e. The van der Waals surface area contributed by atoms with E-state index in [1.807, 2.05) is 36.4 Å². The summed E-state index contributed by atoms with van der Waals surface area (Å²) in [5.74, 6) is 2.60. The van der Waals surface area contributed by atoms with Crippen molar-refractivity contribution in [1.82, 2.24) is 0 Å². The average molecular weight is 291 g/mol. The first-order valence-corrected chi connectivity index (χ1v) is 6.76. The summed E-state index contributed by atoms with van der Waals surface area (Å²) in [6.07, 6.45) is 7.00. The molecule has 0 aromatic heterocycles. The van der Waals surface area contributed by atoms with Crippen LogP contribution in [-0.2, 0) is 9.63 Å². The molecule has 0 aliphatic carbocycles. The molecule has 22 heavy (non-hydrogen) atoms. The van der Waals surface area contributed by atoms with E-state index in [1.54, 1.807) is 13.0 Å². The highest BCUT2D eigenvalue weighted by atomic mass is 16.7. The molecule has 0 saturated heterocycles. The lowest BCUT2D eigenvalue weighted by Gasteiger charge is -2.10. The molecule has 0 radical (unpaired) electrons. The number of terminal acetylenes is 1. The Morgan fingerprint density at radius 3 is 2.86 bits per heavy atom. The SMILES string of the molecule is C#CCOc1ccc2ccccc2c1/C=C1/C(=O)ON=C1C. The third-order valence-corrected chi connectivity index (χ3v) is 3.41. The molecule has 1 aliphatic rings. The van der Waals surface area contributed by atoms with E-state index in [1.165, 1.54) is 0 Å². The van der Waals surface area contributed by atoms with Gasteiger partial charge in [-0.05, 0) is 29.8 Å². The maximum atomic E-state index is 11.8. The highest BCUT2D eigenvalue weighted by Gasteiger charge is 2.23. The number of nitrogens with zero attached hydrogens (tertiary/aromatic N) is 1. The van der Waals surface area contributed by atoms with E-state index in [0.717, 1.165) is 16.3 Å². The summed E-state index contributed by atoms with van der Waals surface area (Å²) in [4.78, 5) is 16.5. The van der Waals surface area contributed by atoms with Gasteiger partial charge in [0.1, 0.15) is 12.4 Å². The Morgan fingerprint density at radius 1 is 1.32 bits per heavy atom. The number of ether oxygens (including phenoxy) is 1. The standard InChI is InChI=1S/C18H13NO3/c1-3-10-21-17-9-8-13-6-4-5-7-14(13)16(17)11-15-12(2)19-22-18(15)20/h1,4-9,11H,10H2,2H3/b15-11+. The molecule has 0 atom stereocenters. The molecule has 0 saturated carbocycles. The molecular weight excluding hydrogens is 278 g/mol. The first kappa shape index (κ1) is 13.9. The van der Waals surface area contributed by atoms with Crippen molar-refractivity contribution in [2.75, 3.05) is 6.61 Å². The summed E-state index contributed by atoms with van der Waals surface area (Å²) in [5, 5.41) is 5.71. The van der Waals surface area contributed by atoms with Crippen molar-refractivity contribution in [1.29, 1.82) is 0 Å². The van der Waals surface area contributed by atoms with Crippen molar-refractivity contribution in [3.63, 3.8) is 0 Å². The van der Waals surface area contributed by atoms with Crippen molar-refractivity contribution < 1.29 is 14.4 Å². The van der Waals surface area contributed by atoms with Crippen LogP contribution in [0.1, 0.15) is 12.5 Å². The van der Waals surface area contributed by atoms with Crippen LogP contribution in [0.4, 0.5) is 0 Å². The summed E-state index contributed by atoms with van der Waals surface area (Å²) in [6, 6.07) is 11.7. The number of hydrogen-bond acceptors (Lipinski definition) is 4. The predicted octanol–water partition coefficient (Wildman–Crippen LogP) is 3.17. The molecule has 108 valence electrons. The molecule has 2 aromatic rings. The molecule has 4 heteroatoms. The average Bonchev–Trinajstić information content (AvgIpc) is 2.86. The van der Waals surface area contributed by atoms with Crippen LogP contribution in [0.15, 0.2) is 47.1 Å². The molecule has 3 rings (SSSR count). The Balaban J connectivity index is 2.21. The number of hydrogen-bond donors (Lipinski definition) is 0. The van der Waals surface area contributed by atoms with Gasteiger partial charge in [-0.25, -0.2) is 4.79 Å². The van der Waals surface area contributed by atoms with Crippen LogP contribution in [-0.4, -0.2) is 18.3 Å². The minimum atomic E-state index is -0.465. The Bertz CT molecular complexity index is 856. The van der Waals surface area contributed by atoms with E-state index < -0.39 is 5.97 Å². The number of benzene rings is 2. The molecule has 1 aliphatic heterocycles. The zero-order chi connectivity index (χ0) is 15.5. The highest BCUT2D eigenvalue weighted by molar-refractivity contribution is 6.25. The molecular formula is C18H13NO3. The lowest BCUT2D eigenvalue weighted by molar-refractivity contribution is -0.136. The van der Waals surface area contributed by atoms with E-state index in [-0.39, 0.29) is 6.61 Å². The number of rotatable bonds is 3. The zero-order valence-corrected chi connectivity index (χ0v) is 12.0. The normalized spacial score (nSPS) is 15.5. The second-order valence-electron chi connectivity index (χ2n) is 4.80. The predicted molar refractivity (Wildman–Crippen MR) is 85.5 cm³/mol. The molecule has 4 nitrogen and oxygen atoms in total. The monoisotopic (exact) mass is 291 g/mol. The summed E-state index contributed by atoms with van der Waals surface area (Å²) in [7, 11) is 0. The van der Waals surface area contributed by atoms with Crippen LogP contribution in [0.25, 0.3) is 16.8 Å². The fourth-order valence-electron chi connectivity index (χ4n) is 2.33. The van der Waals surface area contributed by atoms with Crippen molar-refractivity contribution in [2.24, 2.45) is 5.16 Å². The molecule has 0 amide bonds. The fraction of sp³-hybridized carbons (Fsp3) is 0.111. The molecule has 0 bridgehead atoms. The topological polar surface area (TPSA) is 47.9 Å². The van der Waals surface area contributed by atoms with E-state index >= 15 is 0 Å². The Kier molecular flexibility index (Phi) is 3.63. The van der Waals surface area contributed by atoms with Crippen LogP contribution in [0.3, 0.4) is 0 Å². The minimum Gasteiger partial charge on any atom is -0.480 e. The second-order valence-corrected chi connectivity index (χ2v) is 4.80. The molecule has 0 unspecified atom stereocenters. The fourth-order valence-corrected chi connectivity index (χ4v) is 2.33. The zero-order valence-electron chi connectivity index (χ0n) is 12.0. The van der Waals surface area contributed by atoms with Gasteiger partial charge in [0.25, 0.3) is 0 Å². The van der Waals surface area contributed by atoms with Gasteiger partial charge >= 0.3 is 5.97 Å². The lowest BCUT2D eigenvalue weighted by Crippen LogP contribution is -2.03. The second kappa shape index (κ2) is 5.74. The van der Waals surface area contributed by atoms with E-state index in [4.69, 9.17) is 16.0 Å². The van der Waals surface area contributed by atoms with Crippen molar-refractivity contribution in [3.8, 4) is 18.1 Å². The molecule has 1 heterocycles. The number of carbonyl (C=O) groups excluding carboxylic acids is 1. The van der Waals surface area contributed by atoms with Crippen LogP contribution >= 0.6 is 0 Å². The Morgan fingerprint density at radius 2 is 2.14 bits per heavy atom. The van der Waals surface area contributed by atoms with Crippen LogP contribution in [0.5, 0.6) is 5.75 Å². The molecule has 2 aromatic carbocycles. The highest BCUT2D eigenvalue weighted by Crippen LogP contribution is 2.31. The Labute approximate surface area is 128 Å². The number of oxime groups is 1. The first-order valence-electron chi connectivity index (χ1n) is 6.76. The van der Waals surface area contributed by atoms with Gasteiger partial charge in [-0.15, -0.1) is 6.42 Å². The van der Waals surface area contributed by atoms with Gasteiger partial charge < -0.3 is 9.57 Å². The summed E-state index contributed by atoms with van der Waals surface area (Å²) in [6.45, 7) is 1.88. The smallest absolute Gasteiger partial charge is 0.367 e. The van der Waals surface area contributed by atoms with Crippen LogP contribution in [0, 0.1) is 12.3 Å². The van der Waals surface area contributed by atoms with E-state index in [0.29, 0.717) is 17.0 Å².